The molecule has 1 heterocycles. The molecule has 1 aromatic rings. The largest absolute Gasteiger partial charge is 0.332 e. The van der Waals surface area contributed by atoms with Crippen molar-refractivity contribution < 1.29 is 4.79 Å². The Morgan fingerprint density at radius 3 is 2.52 bits per heavy atom. The quantitative estimate of drug-likeness (QED) is 0.769. The van der Waals surface area contributed by atoms with E-state index in [0.717, 1.165) is 42.6 Å². The summed E-state index contributed by atoms with van der Waals surface area (Å²) in [7, 11) is 0. The second kappa shape index (κ2) is 6.63. The summed E-state index contributed by atoms with van der Waals surface area (Å²) in [6.45, 7) is 0.554. The van der Waals surface area contributed by atoms with Gasteiger partial charge < -0.3 is 4.90 Å². The topological polar surface area (TPSA) is 57.0 Å². The van der Waals surface area contributed by atoms with Crippen LogP contribution in [0.3, 0.4) is 0 Å². The molecule has 0 aromatic carbocycles. The van der Waals surface area contributed by atoms with Gasteiger partial charge in [-0.15, -0.1) is 0 Å². The van der Waals surface area contributed by atoms with Crippen LogP contribution in [0.2, 0.25) is 0 Å². The Labute approximate surface area is 149 Å². The fourth-order valence-electron chi connectivity index (χ4n) is 5.87. The number of pyridine rings is 1. The number of hydrogen-bond donors (Lipinski definition) is 0. The van der Waals surface area contributed by atoms with Crippen molar-refractivity contribution in [3.05, 3.63) is 36.2 Å². The van der Waals surface area contributed by atoms with Crippen LogP contribution in [0, 0.1) is 29.1 Å². The number of rotatable bonds is 5. The van der Waals surface area contributed by atoms with Crippen LogP contribution in [0.25, 0.3) is 6.08 Å². The van der Waals surface area contributed by atoms with Crippen LogP contribution in [-0.4, -0.2) is 27.9 Å². The van der Waals surface area contributed by atoms with E-state index in [2.05, 4.69) is 11.1 Å². The van der Waals surface area contributed by atoms with Crippen molar-refractivity contribution >= 4 is 12.0 Å². The molecule has 4 saturated carbocycles. The SMILES string of the molecule is N#CCCN(C(=O)C=Cc1cccnc1)C12CC3CC(CC(C3)C1)C2. The van der Waals surface area contributed by atoms with Gasteiger partial charge in [-0.2, -0.15) is 5.26 Å². The summed E-state index contributed by atoms with van der Waals surface area (Å²) in [6.07, 6.45) is 14.9. The van der Waals surface area contributed by atoms with Gasteiger partial charge in [0.2, 0.25) is 5.91 Å². The van der Waals surface area contributed by atoms with E-state index in [-0.39, 0.29) is 11.4 Å². The maximum absolute atomic E-state index is 13.0. The summed E-state index contributed by atoms with van der Waals surface area (Å²) >= 11 is 0. The number of amides is 1. The maximum Gasteiger partial charge on any atom is 0.247 e. The highest BCUT2D eigenvalue weighted by Crippen LogP contribution is 2.57. The average molecular weight is 335 g/mol. The Hall–Kier alpha value is -2.15. The smallest absolute Gasteiger partial charge is 0.247 e. The van der Waals surface area contributed by atoms with Crippen molar-refractivity contribution in [2.75, 3.05) is 6.54 Å². The predicted molar refractivity (Wildman–Crippen MR) is 96.1 cm³/mol. The number of nitriles is 1. The first-order chi connectivity index (χ1) is 12.2. The summed E-state index contributed by atoms with van der Waals surface area (Å²) in [5, 5.41) is 9.07. The Morgan fingerprint density at radius 2 is 1.96 bits per heavy atom. The Balaban J connectivity index is 1.57. The molecule has 5 rings (SSSR count). The van der Waals surface area contributed by atoms with Gasteiger partial charge in [-0.3, -0.25) is 9.78 Å². The van der Waals surface area contributed by atoms with E-state index in [0.29, 0.717) is 13.0 Å². The summed E-state index contributed by atoms with van der Waals surface area (Å²) in [5.41, 5.74) is 0.934. The number of carbonyl (C=O) groups is 1. The molecule has 1 amide bonds. The monoisotopic (exact) mass is 335 g/mol. The van der Waals surface area contributed by atoms with Gasteiger partial charge >= 0.3 is 0 Å². The molecule has 25 heavy (non-hydrogen) atoms. The van der Waals surface area contributed by atoms with Crippen molar-refractivity contribution in [2.45, 2.75) is 50.5 Å². The first-order valence-electron chi connectivity index (χ1n) is 9.45. The minimum Gasteiger partial charge on any atom is -0.332 e. The van der Waals surface area contributed by atoms with Crippen LogP contribution in [0.1, 0.15) is 50.5 Å². The van der Waals surface area contributed by atoms with Crippen molar-refractivity contribution in [1.29, 1.82) is 5.26 Å². The van der Waals surface area contributed by atoms with Gasteiger partial charge in [-0.05, 0) is 74.0 Å². The molecule has 0 saturated heterocycles. The molecule has 4 aliphatic carbocycles. The molecule has 1 aromatic heterocycles. The van der Waals surface area contributed by atoms with Crippen LogP contribution in [0.4, 0.5) is 0 Å². The Bertz CT molecular complexity index is 668. The fourth-order valence-corrected chi connectivity index (χ4v) is 5.87. The van der Waals surface area contributed by atoms with Gasteiger partial charge in [-0.25, -0.2) is 0 Å². The van der Waals surface area contributed by atoms with Crippen molar-refractivity contribution in [3.63, 3.8) is 0 Å². The number of aromatic nitrogens is 1. The van der Waals surface area contributed by atoms with Gasteiger partial charge in [-0.1, -0.05) is 6.07 Å². The standard InChI is InChI=1S/C21H25N3O/c22-6-2-8-24(20(25)5-4-16-3-1-7-23-15-16)21-12-17-9-18(13-21)11-19(10-17)14-21/h1,3-5,7,15,17-19H,2,8-14H2. The van der Waals surface area contributed by atoms with Crippen LogP contribution < -0.4 is 0 Å². The van der Waals surface area contributed by atoms with Gasteiger partial charge in [0.1, 0.15) is 0 Å². The summed E-state index contributed by atoms with van der Waals surface area (Å²) in [6, 6.07) is 6.05. The first-order valence-corrected chi connectivity index (χ1v) is 9.45. The third-order valence-corrected chi connectivity index (χ3v) is 6.39. The van der Waals surface area contributed by atoms with Crippen LogP contribution in [0.15, 0.2) is 30.6 Å². The highest BCUT2D eigenvalue weighted by molar-refractivity contribution is 5.92. The number of carbonyl (C=O) groups excluding carboxylic acids is 1. The second-order valence-corrected chi connectivity index (χ2v) is 8.16. The Morgan fingerprint density at radius 1 is 1.28 bits per heavy atom. The van der Waals surface area contributed by atoms with Gasteiger partial charge in [0.15, 0.2) is 0 Å². The van der Waals surface area contributed by atoms with Gasteiger partial charge in [0.25, 0.3) is 0 Å². The summed E-state index contributed by atoms with van der Waals surface area (Å²) in [5.74, 6) is 2.41. The van der Waals surface area contributed by atoms with E-state index in [9.17, 15) is 4.79 Å². The first kappa shape index (κ1) is 16.3. The lowest BCUT2D eigenvalue weighted by atomic mass is 9.52. The summed E-state index contributed by atoms with van der Waals surface area (Å²) < 4.78 is 0. The van der Waals surface area contributed by atoms with Crippen molar-refractivity contribution in [1.82, 2.24) is 9.88 Å². The van der Waals surface area contributed by atoms with Crippen molar-refractivity contribution in [2.24, 2.45) is 17.8 Å². The molecule has 0 atom stereocenters. The van der Waals surface area contributed by atoms with Crippen molar-refractivity contribution in [3.8, 4) is 6.07 Å². The lowest BCUT2D eigenvalue weighted by molar-refractivity contribution is -0.145. The molecule has 0 spiro atoms. The zero-order chi connectivity index (χ0) is 17.3. The zero-order valence-electron chi connectivity index (χ0n) is 14.6. The van der Waals surface area contributed by atoms with Crippen LogP contribution in [0.5, 0.6) is 0 Å². The van der Waals surface area contributed by atoms with Gasteiger partial charge in [0, 0.05) is 30.6 Å². The molecule has 0 unspecified atom stereocenters. The lowest BCUT2D eigenvalue weighted by Crippen LogP contribution is -2.61. The number of hydrogen-bond acceptors (Lipinski definition) is 3. The summed E-state index contributed by atoms with van der Waals surface area (Å²) in [4.78, 5) is 19.2. The third kappa shape index (κ3) is 3.20. The molecule has 4 fully saturated rings. The predicted octanol–water partition coefficient (Wildman–Crippen LogP) is 3.81. The normalized spacial score (nSPS) is 32.7. The van der Waals surface area contributed by atoms with Gasteiger partial charge in [0.05, 0.1) is 12.5 Å². The maximum atomic E-state index is 13.0. The van der Waals surface area contributed by atoms with E-state index >= 15 is 0 Å². The zero-order valence-corrected chi connectivity index (χ0v) is 14.6. The average Bonchev–Trinajstić information content (AvgIpc) is 2.60. The van der Waals surface area contributed by atoms with E-state index in [1.165, 1.54) is 19.3 Å². The van der Waals surface area contributed by atoms with Crippen LogP contribution in [-0.2, 0) is 4.79 Å². The third-order valence-electron chi connectivity index (χ3n) is 6.39. The molecule has 4 heteroatoms. The number of nitrogens with zero attached hydrogens (tertiary/aromatic N) is 3. The molecule has 4 bridgehead atoms. The second-order valence-electron chi connectivity index (χ2n) is 8.16. The van der Waals surface area contributed by atoms with E-state index in [1.807, 2.05) is 23.1 Å². The molecule has 130 valence electrons. The molecule has 4 nitrogen and oxygen atoms in total. The molecule has 0 N–H and O–H groups in total. The lowest BCUT2D eigenvalue weighted by Gasteiger charge is -2.60. The molecule has 0 aliphatic heterocycles. The highest BCUT2D eigenvalue weighted by atomic mass is 16.2. The molecular formula is C21H25N3O. The van der Waals surface area contributed by atoms with E-state index < -0.39 is 0 Å². The van der Waals surface area contributed by atoms with E-state index in [1.54, 1.807) is 18.5 Å². The minimum absolute atomic E-state index is 0.00195. The van der Waals surface area contributed by atoms with E-state index in [4.69, 9.17) is 5.26 Å². The molecule has 0 radical (unpaired) electrons. The molecule has 4 aliphatic rings. The minimum atomic E-state index is 0.00195. The Kier molecular flexibility index (Phi) is 4.33. The highest BCUT2D eigenvalue weighted by Gasteiger charge is 2.54. The van der Waals surface area contributed by atoms with Crippen LogP contribution >= 0.6 is 0 Å². The molecular weight excluding hydrogens is 310 g/mol. The fraction of sp³-hybridized carbons (Fsp3) is 0.571.